The van der Waals surface area contributed by atoms with E-state index >= 15 is 0 Å². The Balaban J connectivity index is 0.000000241. The van der Waals surface area contributed by atoms with Crippen molar-refractivity contribution in [2.24, 2.45) is 0 Å². The highest BCUT2D eigenvalue weighted by Gasteiger charge is 1.94. The molecule has 1 N–H and O–H groups in total. The summed E-state index contributed by atoms with van der Waals surface area (Å²) in [6.07, 6.45) is 5.65. The second-order valence-corrected chi connectivity index (χ2v) is 3.78. The van der Waals surface area contributed by atoms with Crippen LogP contribution in [0, 0.1) is 0 Å². The molecule has 1 fully saturated rings. The average Bonchev–Trinajstić information content (AvgIpc) is 2.53. The van der Waals surface area contributed by atoms with Crippen LogP contribution in [0.15, 0.2) is 0 Å². The van der Waals surface area contributed by atoms with Gasteiger partial charge in [0.2, 0.25) is 0 Å². The Hall–Kier alpha value is -0.0800. The van der Waals surface area contributed by atoms with E-state index in [2.05, 4.69) is 31.0 Å². The van der Waals surface area contributed by atoms with Gasteiger partial charge in [0.25, 0.3) is 0 Å². The second-order valence-electron chi connectivity index (χ2n) is 3.78. The van der Waals surface area contributed by atoms with E-state index in [0.717, 1.165) is 0 Å². The summed E-state index contributed by atoms with van der Waals surface area (Å²) in [4.78, 5) is 2.38. The molecule has 0 spiro atoms. The van der Waals surface area contributed by atoms with Gasteiger partial charge in [0.15, 0.2) is 0 Å². The summed E-state index contributed by atoms with van der Waals surface area (Å²) in [6, 6.07) is 0. The topological polar surface area (TPSA) is 15.3 Å². The maximum absolute atomic E-state index is 3.35. The molecule has 0 unspecified atom stereocenters. The largest absolute Gasteiger partial charge is 0.317 e. The molecule has 1 aliphatic rings. The smallest absolute Gasteiger partial charge is 0.00474 e. The maximum atomic E-state index is 3.35. The molecule has 1 aliphatic heterocycles. The maximum Gasteiger partial charge on any atom is -0.00474 e. The van der Waals surface area contributed by atoms with Crippen molar-refractivity contribution >= 4 is 0 Å². The van der Waals surface area contributed by atoms with E-state index < -0.39 is 0 Å². The number of nitrogens with one attached hydrogen (secondary N) is 1. The van der Waals surface area contributed by atoms with Gasteiger partial charge >= 0.3 is 0 Å². The molecule has 14 heavy (non-hydrogen) atoms. The van der Waals surface area contributed by atoms with Crippen molar-refractivity contribution in [1.29, 1.82) is 0 Å². The lowest BCUT2D eigenvalue weighted by Crippen LogP contribution is -2.21. The van der Waals surface area contributed by atoms with E-state index in [1.54, 1.807) is 0 Å². The third-order valence-corrected chi connectivity index (χ3v) is 2.80. The van der Waals surface area contributed by atoms with Crippen LogP contribution in [-0.2, 0) is 0 Å². The van der Waals surface area contributed by atoms with E-state index in [1.807, 2.05) is 0 Å². The molecule has 0 aliphatic carbocycles. The highest BCUT2D eigenvalue weighted by Crippen LogP contribution is 2.00. The first kappa shape index (κ1) is 13.9. The Morgan fingerprint density at radius 3 is 1.50 bits per heavy atom. The lowest BCUT2D eigenvalue weighted by molar-refractivity contribution is 0.321. The van der Waals surface area contributed by atoms with Gasteiger partial charge in [-0.3, -0.25) is 0 Å². The molecule has 0 atom stereocenters. The van der Waals surface area contributed by atoms with Crippen LogP contribution in [0.3, 0.4) is 0 Å². The van der Waals surface area contributed by atoms with Crippen LogP contribution in [0.1, 0.15) is 46.5 Å². The summed E-state index contributed by atoms with van der Waals surface area (Å²) in [5, 5.41) is 3.35. The zero-order valence-corrected chi connectivity index (χ0v) is 10.3. The zero-order chi connectivity index (χ0) is 10.6. The Kier molecular flexibility index (Phi) is 10.9. The van der Waals surface area contributed by atoms with Gasteiger partial charge in [-0.15, -0.1) is 0 Å². The molecular weight excluding hydrogens is 172 g/mol. The first-order valence-electron chi connectivity index (χ1n) is 6.28. The minimum Gasteiger partial charge on any atom is -0.317 e. The molecule has 1 rings (SSSR count). The molecule has 0 saturated carbocycles. The van der Waals surface area contributed by atoms with E-state index in [4.69, 9.17) is 0 Å². The Labute approximate surface area is 90.1 Å². The molecule has 1 saturated heterocycles. The molecular formula is C12H28N2. The summed E-state index contributed by atoms with van der Waals surface area (Å²) < 4.78 is 0. The van der Waals surface area contributed by atoms with Crippen LogP contribution in [0.4, 0.5) is 0 Å². The van der Waals surface area contributed by atoms with Gasteiger partial charge in [-0.25, -0.2) is 0 Å². The van der Waals surface area contributed by atoms with Crippen molar-refractivity contribution in [3.63, 3.8) is 0 Å². The average molecular weight is 200 g/mol. The van der Waals surface area contributed by atoms with Gasteiger partial charge in [0.1, 0.15) is 0 Å². The lowest BCUT2D eigenvalue weighted by Gasteiger charge is -2.13. The van der Waals surface area contributed by atoms with Crippen LogP contribution < -0.4 is 5.32 Å². The predicted octanol–water partition coefficient (Wildman–Crippen LogP) is 2.50. The van der Waals surface area contributed by atoms with Crippen molar-refractivity contribution in [3.05, 3.63) is 0 Å². The van der Waals surface area contributed by atoms with Crippen molar-refractivity contribution in [1.82, 2.24) is 10.2 Å². The quantitative estimate of drug-likeness (QED) is 0.753. The Morgan fingerprint density at radius 2 is 1.21 bits per heavy atom. The number of hydrogen-bond acceptors (Lipinski definition) is 2. The summed E-state index contributed by atoms with van der Waals surface area (Å²) in [6.45, 7) is 12.6. The Morgan fingerprint density at radius 1 is 0.786 bits per heavy atom. The highest BCUT2D eigenvalue weighted by molar-refractivity contribution is 4.54. The molecule has 0 bridgehead atoms. The lowest BCUT2D eigenvalue weighted by atomic mass is 10.2. The minimum absolute atomic E-state index is 1.19. The van der Waals surface area contributed by atoms with Gasteiger partial charge in [0, 0.05) is 0 Å². The molecule has 0 aromatic carbocycles. The van der Waals surface area contributed by atoms with Crippen molar-refractivity contribution in [2.75, 3.05) is 32.7 Å². The third-order valence-electron chi connectivity index (χ3n) is 2.80. The summed E-state index contributed by atoms with van der Waals surface area (Å²) in [5.74, 6) is 0. The summed E-state index contributed by atoms with van der Waals surface area (Å²) in [5.41, 5.74) is 0. The Bertz CT molecular complexity index is 75.3. The van der Waals surface area contributed by atoms with Gasteiger partial charge in [-0.1, -0.05) is 33.6 Å². The van der Waals surface area contributed by atoms with Gasteiger partial charge in [0.05, 0.1) is 0 Å². The molecule has 0 amide bonds. The van der Waals surface area contributed by atoms with E-state index in [9.17, 15) is 0 Å². The fraction of sp³-hybridized carbons (Fsp3) is 1.00. The van der Waals surface area contributed by atoms with Crippen LogP contribution >= 0.6 is 0 Å². The predicted molar refractivity (Wildman–Crippen MR) is 64.8 cm³/mol. The zero-order valence-electron chi connectivity index (χ0n) is 10.3. The summed E-state index contributed by atoms with van der Waals surface area (Å²) in [7, 11) is 0. The van der Waals surface area contributed by atoms with Crippen LogP contribution in [0.25, 0.3) is 0 Å². The SMILES string of the molecule is C1CCCNCC1.CCN(CC)CC. The van der Waals surface area contributed by atoms with Crippen molar-refractivity contribution < 1.29 is 0 Å². The summed E-state index contributed by atoms with van der Waals surface area (Å²) >= 11 is 0. The van der Waals surface area contributed by atoms with Crippen LogP contribution in [0.2, 0.25) is 0 Å². The van der Waals surface area contributed by atoms with E-state index in [1.165, 1.54) is 58.4 Å². The fourth-order valence-corrected chi connectivity index (χ4v) is 1.65. The molecule has 0 aromatic heterocycles. The third kappa shape index (κ3) is 8.52. The highest BCUT2D eigenvalue weighted by atomic mass is 15.1. The number of hydrogen-bond donors (Lipinski definition) is 1. The first-order valence-corrected chi connectivity index (χ1v) is 6.28. The molecule has 86 valence electrons. The number of nitrogens with zero attached hydrogens (tertiary/aromatic N) is 1. The van der Waals surface area contributed by atoms with Gasteiger partial charge < -0.3 is 10.2 Å². The normalized spacial score (nSPS) is 17.1. The fourth-order valence-electron chi connectivity index (χ4n) is 1.65. The van der Waals surface area contributed by atoms with Gasteiger partial charge in [-0.2, -0.15) is 0 Å². The standard InChI is InChI=1S/C6H13N.C6H15N/c1-2-4-6-7-5-3-1;1-4-7(5-2)6-3/h7H,1-6H2;4-6H2,1-3H3. The molecule has 0 radical (unpaired) electrons. The minimum atomic E-state index is 1.19. The van der Waals surface area contributed by atoms with Crippen LogP contribution in [-0.4, -0.2) is 37.6 Å². The van der Waals surface area contributed by atoms with Crippen molar-refractivity contribution in [3.8, 4) is 0 Å². The molecule has 2 heteroatoms. The monoisotopic (exact) mass is 200 g/mol. The number of rotatable bonds is 3. The van der Waals surface area contributed by atoms with Crippen molar-refractivity contribution in [2.45, 2.75) is 46.5 Å². The van der Waals surface area contributed by atoms with E-state index in [-0.39, 0.29) is 0 Å². The molecule has 1 heterocycles. The van der Waals surface area contributed by atoms with Crippen LogP contribution in [0.5, 0.6) is 0 Å². The second kappa shape index (κ2) is 11.0. The molecule has 2 nitrogen and oxygen atoms in total. The molecule has 0 aromatic rings. The first-order chi connectivity index (χ1) is 6.85. The van der Waals surface area contributed by atoms with E-state index in [0.29, 0.717) is 0 Å². The van der Waals surface area contributed by atoms with Gasteiger partial charge in [-0.05, 0) is 45.6 Å².